The van der Waals surface area contributed by atoms with Gasteiger partial charge >= 0.3 is 0 Å². The van der Waals surface area contributed by atoms with Crippen LogP contribution < -0.4 is 0 Å². The predicted molar refractivity (Wildman–Crippen MR) is 112 cm³/mol. The van der Waals surface area contributed by atoms with Crippen LogP contribution in [0, 0.1) is 12.7 Å². The monoisotopic (exact) mass is 408 g/mol. The summed E-state index contributed by atoms with van der Waals surface area (Å²) in [6.07, 6.45) is 2.59. The molecule has 2 aromatic heterocycles. The molecule has 4 aromatic rings. The van der Waals surface area contributed by atoms with Crippen molar-refractivity contribution in [3.8, 4) is 22.8 Å². The number of benzene rings is 2. The molecule has 7 heteroatoms. The fourth-order valence-corrected chi connectivity index (χ4v) is 3.93. The lowest BCUT2D eigenvalue weighted by molar-refractivity contribution is 0.571. The van der Waals surface area contributed by atoms with Crippen LogP contribution in [0.5, 0.6) is 0 Å². The second-order valence-electron chi connectivity index (χ2n) is 6.77. The minimum atomic E-state index is -0.312. The molecule has 0 fully saturated rings. The Hall–Kier alpha value is -2.93. The molecule has 2 aromatic carbocycles. The van der Waals surface area contributed by atoms with Crippen molar-refractivity contribution >= 4 is 11.8 Å². The summed E-state index contributed by atoms with van der Waals surface area (Å²) in [6, 6.07) is 14.5. The van der Waals surface area contributed by atoms with Crippen LogP contribution >= 0.6 is 11.8 Å². The lowest BCUT2D eigenvalue weighted by Crippen LogP contribution is -2.02. The summed E-state index contributed by atoms with van der Waals surface area (Å²) in [5, 5.41) is 9.67. The van der Waals surface area contributed by atoms with Crippen molar-refractivity contribution in [2.75, 3.05) is 0 Å². The highest BCUT2D eigenvalue weighted by atomic mass is 32.2. The zero-order valence-electron chi connectivity index (χ0n) is 16.3. The molecule has 0 aliphatic carbocycles. The zero-order valence-corrected chi connectivity index (χ0v) is 17.1. The third kappa shape index (κ3) is 4.40. The number of aromatic nitrogens is 4. The summed E-state index contributed by atoms with van der Waals surface area (Å²) >= 11 is 1.56. The molecule has 0 saturated carbocycles. The maximum Gasteiger partial charge on any atom is 0.226 e. The maximum absolute atomic E-state index is 13.4. The lowest BCUT2D eigenvalue weighted by atomic mass is 10.1. The number of hydrogen-bond donors (Lipinski definition) is 0. The van der Waals surface area contributed by atoms with E-state index in [0.717, 1.165) is 35.2 Å². The molecule has 0 aliphatic heterocycles. The van der Waals surface area contributed by atoms with Gasteiger partial charge < -0.3 is 8.98 Å². The van der Waals surface area contributed by atoms with E-state index in [4.69, 9.17) is 4.42 Å². The van der Waals surface area contributed by atoms with Gasteiger partial charge in [0.1, 0.15) is 12.1 Å². The van der Waals surface area contributed by atoms with Gasteiger partial charge in [-0.1, -0.05) is 48.5 Å². The molecule has 0 bridgehead atoms. The number of thioether (sulfide) groups is 1. The first kappa shape index (κ1) is 19.4. The Bertz CT molecular complexity index is 1120. The maximum atomic E-state index is 13.4. The van der Waals surface area contributed by atoms with Crippen LogP contribution in [0.3, 0.4) is 0 Å². The summed E-state index contributed by atoms with van der Waals surface area (Å²) in [5.74, 6) is 1.57. The molecule has 4 rings (SSSR count). The van der Waals surface area contributed by atoms with Gasteiger partial charge in [0.2, 0.25) is 5.89 Å². The van der Waals surface area contributed by atoms with E-state index in [-0.39, 0.29) is 5.82 Å². The van der Waals surface area contributed by atoms with Crippen LogP contribution in [-0.4, -0.2) is 19.7 Å². The number of oxazole rings is 1. The average Bonchev–Trinajstić information content (AvgIpc) is 3.34. The fourth-order valence-electron chi connectivity index (χ4n) is 3.08. The molecule has 5 nitrogen and oxygen atoms in total. The molecule has 0 atom stereocenters. The molecular formula is C22H21FN4OS. The van der Waals surface area contributed by atoms with Crippen molar-refractivity contribution < 1.29 is 8.81 Å². The Morgan fingerprint density at radius 3 is 2.69 bits per heavy atom. The largest absolute Gasteiger partial charge is 0.444 e. The van der Waals surface area contributed by atoms with Gasteiger partial charge in [0.15, 0.2) is 11.0 Å². The number of hydrogen-bond acceptors (Lipinski definition) is 5. The second-order valence-corrected chi connectivity index (χ2v) is 7.71. The number of rotatable bonds is 7. The molecule has 0 unspecified atom stereocenters. The van der Waals surface area contributed by atoms with E-state index < -0.39 is 0 Å². The first-order chi connectivity index (χ1) is 14.1. The number of aryl methyl sites for hydroxylation is 1. The molecule has 29 heavy (non-hydrogen) atoms. The van der Waals surface area contributed by atoms with E-state index in [9.17, 15) is 4.39 Å². The molecule has 0 amide bonds. The summed E-state index contributed by atoms with van der Waals surface area (Å²) in [7, 11) is 0. The van der Waals surface area contributed by atoms with Crippen molar-refractivity contribution in [3.63, 3.8) is 0 Å². The van der Waals surface area contributed by atoms with Crippen molar-refractivity contribution in [3.05, 3.63) is 71.9 Å². The minimum absolute atomic E-state index is 0.312. The van der Waals surface area contributed by atoms with Crippen LogP contribution in [0.4, 0.5) is 4.39 Å². The smallest absolute Gasteiger partial charge is 0.226 e. The van der Waals surface area contributed by atoms with Gasteiger partial charge in [-0.05, 0) is 37.6 Å². The van der Waals surface area contributed by atoms with Crippen LogP contribution in [-0.2, 0) is 12.3 Å². The average molecular weight is 409 g/mol. The lowest BCUT2D eigenvalue weighted by Gasteiger charge is -2.08. The SMILES string of the molecule is CCCn1c(SCc2coc(-c3cccc(F)c3)n2)nnc1-c1cccc(C)c1. The Labute approximate surface area is 173 Å². The fraction of sp³-hybridized carbons (Fsp3) is 0.227. The topological polar surface area (TPSA) is 56.7 Å². The van der Waals surface area contributed by atoms with E-state index in [2.05, 4.69) is 51.8 Å². The van der Waals surface area contributed by atoms with Gasteiger partial charge in [0, 0.05) is 23.4 Å². The van der Waals surface area contributed by atoms with Gasteiger partial charge in [-0.25, -0.2) is 9.37 Å². The number of nitrogens with zero attached hydrogens (tertiary/aromatic N) is 4. The first-order valence-electron chi connectivity index (χ1n) is 9.47. The van der Waals surface area contributed by atoms with Gasteiger partial charge in [-0.3, -0.25) is 0 Å². The van der Waals surface area contributed by atoms with E-state index in [1.807, 2.05) is 6.07 Å². The number of halogens is 1. The van der Waals surface area contributed by atoms with Gasteiger partial charge in [0.25, 0.3) is 0 Å². The third-order valence-corrected chi connectivity index (χ3v) is 5.41. The van der Waals surface area contributed by atoms with Crippen LogP contribution in [0.15, 0.2) is 64.4 Å². The molecule has 0 radical (unpaired) electrons. The molecule has 0 N–H and O–H groups in total. The van der Waals surface area contributed by atoms with Gasteiger partial charge in [-0.2, -0.15) is 0 Å². The highest BCUT2D eigenvalue weighted by Gasteiger charge is 2.15. The molecule has 0 spiro atoms. The Balaban J connectivity index is 1.53. The summed E-state index contributed by atoms with van der Waals surface area (Å²) in [5.41, 5.74) is 3.65. The molecular weight excluding hydrogens is 387 g/mol. The van der Waals surface area contributed by atoms with Gasteiger partial charge in [-0.15, -0.1) is 10.2 Å². The molecule has 148 valence electrons. The van der Waals surface area contributed by atoms with E-state index >= 15 is 0 Å². The van der Waals surface area contributed by atoms with Crippen molar-refractivity contribution in [1.29, 1.82) is 0 Å². The quantitative estimate of drug-likeness (QED) is 0.364. The highest BCUT2D eigenvalue weighted by molar-refractivity contribution is 7.98. The molecule has 2 heterocycles. The minimum Gasteiger partial charge on any atom is -0.444 e. The molecule has 0 saturated heterocycles. The van der Waals surface area contributed by atoms with Crippen molar-refractivity contribution in [2.45, 2.75) is 37.7 Å². The highest BCUT2D eigenvalue weighted by Crippen LogP contribution is 2.28. The summed E-state index contributed by atoms with van der Waals surface area (Å²) in [4.78, 5) is 4.48. The van der Waals surface area contributed by atoms with Crippen LogP contribution in [0.1, 0.15) is 24.6 Å². The first-order valence-corrected chi connectivity index (χ1v) is 10.5. The Morgan fingerprint density at radius 1 is 1.07 bits per heavy atom. The predicted octanol–water partition coefficient (Wildman–Crippen LogP) is 5.75. The Kier molecular flexibility index (Phi) is 5.76. The Morgan fingerprint density at radius 2 is 1.90 bits per heavy atom. The normalized spacial score (nSPS) is 11.1. The zero-order chi connectivity index (χ0) is 20.2. The van der Waals surface area contributed by atoms with Crippen molar-refractivity contribution in [1.82, 2.24) is 19.7 Å². The molecule has 0 aliphatic rings. The standard InChI is InChI=1S/C22H21FN4OS/c1-3-10-27-20(16-7-4-6-15(2)11-16)25-26-22(27)29-14-19-13-28-21(24-19)17-8-5-9-18(23)12-17/h4-9,11-13H,3,10,14H2,1-2H3. The van der Waals surface area contributed by atoms with Crippen molar-refractivity contribution in [2.24, 2.45) is 0 Å². The van der Waals surface area contributed by atoms with Crippen LogP contribution in [0.25, 0.3) is 22.8 Å². The van der Waals surface area contributed by atoms with Gasteiger partial charge in [0.05, 0.1) is 5.69 Å². The van der Waals surface area contributed by atoms with E-state index in [1.165, 1.54) is 17.7 Å². The summed E-state index contributed by atoms with van der Waals surface area (Å²) < 4.78 is 21.1. The second kappa shape index (κ2) is 8.61. The summed E-state index contributed by atoms with van der Waals surface area (Å²) in [6.45, 7) is 5.05. The third-order valence-electron chi connectivity index (χ3n) is 4.41. The van der Waals surface area contributed by atoms with E-state index in [1.54, 1.807) is 30.2 Å². The van der Waals surface area contributed by atoms with E-state index in [0.29, 0.717) is 17.2 Å². The van der Waals surface area contributed by atoms with Crippen LogP contribution in [0.2, 0.25) is 0 Å².